The zero-order chi connectivity index (χ0) is 13.9. The van der Waals surface area contributed by atoms with Crippen molar-refractivity contribution in [3.8, 4) is 34.9 Å². The van der Waals surface area contributed by atoms with Crippen LogP contribution in [0.4, 0.5) is 0 Å². The molecule has 0 aromatic carbocycles. The van der Waals surface area contributed by atoms with Gasteiger partial charge < -0.3 is 9.97 Å². The normalized spacial score (nSPS) is 9.90. The van der Waals surface area contributed by atoms with Gasteiger partial charge in [0.1, 0.15) is 23.5 Å². The quantitative estimate of drug-likeness (QED) is 0.736. The Hall–Kier alpha value is -3.38. The largest absolute Gasteiger partial charge is 0.360 e. The molecular weight excluding hydrogens is 252 g/mol. The topological polar surface area (TPSA) is 105 Å². The molecule has 6 heteroatoms. The highest BCUT2D eigenvalue weighted by molar-refractivity contribution is 5.75. The van der Waals surface area contributed by atoms with Gasteiger partial charge in [-0.2, -0.15) is 10.5 Å². The average molecular weight is 260 g/mol. The summed E-state index contributed by atoms with van der Waals surface area (Å²) in [5.74, 6) is 0. The number of rotatable bonds is 2. The zero-order valence-electron chi connectivity index (χ0n) is 10.3. The van der Waals surface area contributed by atoms with Gasteiger partial charge in [-0.05, 0) is 24.3 Å². The van der Waals surface area contributed by atoms with Gasteiger partial charge in [0.15, 0.2) is 11.4 Å². The lowest BCUT2D eigenvalue weighted by molar-refractivity contribution is 1.12. The molecule has 0 aliphatic rings. The van der Waals surface area contributed by atoms with Crippen molar-refractivity contribution < 1.29 is 0 Å². The number of hydrogen-bond acceptors (Lipinski definition) is 4. The Morgan fingerprint density at radius 3 is 1.55 bits per heavy atom. The second-order valence-electron chi connectivity index (χ2n) is 4.01. The van der Waals surface area contributed by atoms with Crippen LogP contribution >= 0.6 is 0 Å². The molecule has 3 rings (SSSR count). The molecule has 94 valence electrons. The first-order valence-electron chi connectivity index (χ1n) is 5.83. The van der Waals surface area contributed by atoms with Crippen molar-refractivity contribution in [1.82, 2.24) is 19.9 Å². The number of nitriles is 2. The molecule has 0 bridgehead atoms. The molecule has 0 atom stereocenters. The lowest BCUT2D eigenvalue weighted by Gasteiger charge is -2.06. The molecule has 3 aromatic rings. The van der Waals surface area contributed by atoms with Gasteiger partial charge in [0.25, 0.3) is 0 Å². The van der Waals surface area contributed by atoms with Gasteiger partial charge in [0, 0.05) is 12.4 Å². The number of H-pyrrole nitrogens is 2. The molecule has 0 saturated heterocycles. The molecular formula is C14H8N6. The van der Waals surface area contributed by atoms with Gasteiger partial charge in [-0.3, -0.25) is 0 Å². The van der Waals surface area contributed by atoms with Gasteiger partial charge in [0.05, 0.1) is 11.4 Å². The summed E-state index contributed by atoms with van der Waals surface area (Å²) >= 11 is 0. The summed E-state index contributed by atoms with van der Waals surface area (Å²) in [5, 5.41) is 18.1. The second kappa shape index (κ2) is 4.71. The second-order valence-corrected chi connectivity index (χ2v) is 4.01. The lowest BCUT2D eigenvalue weighted by Crippen LogP contribution is -2.01. The van der Waals surface area contributed by atoms with E-state index in [2.05, 4.69) is 19.9 Å². The van der Waals surface area contributed by atoms with Crippen molar-refractivity contribution >= 4 is 0 Å². The maximum absolute atomic E-state index is 9.07. The van der Waals surface area contributed by atoms with Crippen LogP contribution in [-0.2, 0) is 0 Å². The average Bonchev–Trinajstić information content (AvgIpc) is 3.18. The van der Waals surface area contributed by atoms with Crippen LogP contribution in [0.15, 0.2) is 36.7 Å². The fourth-order valence-electron chi connectivity index (χ4n) is 1.92. The van der Waals surface area contributed by atoms with Crippen LogP contribution in [0, 0.1) is 22.7 Å². The van der Waals surface area contributed by atoms with Crippen molar-refractivity contribution in [1.29, 1.82) is 10.5 Å². The van der Waals surface area contributed by atoms with E-state index in [4.69, 9.17) is 10.5 Å². The van der Waals surface area contributed by atoms with Crippen molar-refractivity contribution in [3.05, 3.63) is 48.0 Å². The SMILES string of the molecule is N#Cc1nc(-c2ccc[nH]2)c(-c2ccc[nH]2)nc1C#N. The van der Waals surface area contributed by atoms with E-state index in [0.717, 1.165) is 11.4 Å². The van der Waals surface area contributed by atoms with E-state index in [1.807, 2.05) is 36.4 Å². The molecule has 0 aliphatic heterocycles. The first-order chi connectivity index (χ1) is 9.83. The predicted molar refractivity (Wildman–Crippen MR) is 71.0 cm³/mol. The van der Waals surface area contributed by atoms with E-state index in [-0.39, 0.29) is 11.4 Å². The van der Waals surface area contributed by atoms with Gasteiger partial charge in [-0.15, -0.1) is 0 Å². The van der Waals surface area contributed by atoms with Crippen molar-refractivity contribution in [3.63, 3.8) is 0 Å². The summed E-state index contributed by atoms with van der Waals surface area (Å²) in [6.07, 6.45) is 3.53. The zero-order valence-corrected chi connectivity index (χ0v) is 10.3. The summed E-state index contributed by atoms with van der Waals surface area (Å²) in [6, 6.07) is 11.1. The fourth-order valence-corrected chi connectivity index (χ4v) is 1.92. The monoisotopic (exact) mass is 260 g/mol. The first-order valence-corrected chi connectivity index (χ1v) is 5.83. The lowest BCUT2D eigenvalue weighted by atomic mass is 10.1. The van der Waals surface area contributed by atoms with Crippen molar-refractivity contribution in [2.75, 3.05) is 0 Å². The Bertz CT molecular complexity index is 745. The minimum atomic E-state index is 0.0207. The number of nitrogens with one attached hydrogen (secondary N) is 2. The van der Waals surface area contributed by atoms with Gasteiger partial charge in [-0.25, -0.2) is 9.97 Å². The van der Waals surface area contributed by atoms with Crippen LogP contribution < -0.4 is 0 Å². The third kappa shape index (κ3) is 1.82. The molecule has 0 radical (unpaired) electrons. The molecule has 3 aromatic heterocycles. The van der Waals surface area contributed by atoms with Gasteiger partial charge in [-0.1, -0.05) is 0 Å². The minimum Gasteiger partial charge on any atom is -0.360 e. The predicted octanol–water partition coefficient (Wildman–Crippen LogP) is 2.21. The Labute approximate surface area is 114 Å². The molecule has 0 saturated carbocycles. The Morgan fingerprint density at radius 1 is 0.800 bits per heavy atom. The summed E-state index contributed by atoms with van der Waals surface area (Å²) in [6.45, 7) is 0. The number of nitrogens with zero attached hydrogens (tertiary/aromatic N) is 4. The molecule has 2 N–H and O–H groups in total. The Kier molecular flexibility index (Phi) is 2.76. The van der Waals surface area contributed by atoms with Crippen LogP contribution in [0.5, 0.6) is 0 Å². The summed E-state index contributed by atoms with van der Waals surface area (Å²) in [5.41, 5.74) is 2.59. The highest BCUT2D eigenvalue weighted by Gasteiger charge is 2.17. The van der Waals surface area contributed by atoms with Crippen LogP contribution in [0.1, 0.15) is 11.4 Å². The Balaban J connectivity index is 2.32. The van der Waals surface area contributed by atoms with Crippen LogP contribution in [-0.4, -0.2) is 19.9 Å². The first kappa shape index (κ1) is 11.7. The molecule has 20 heavy (non-hydrogen) atoms. The molecule has 3 heterocycles. The molecule has 0 amide bonds. The summed E-state index contributed by atoms with van der Waals surface area (Å²) in [4.78, 5) is 14.6. The number of hydrogen-bond donors (Lipinski definition) is 2. The molecule has 0 spiro atoms. The van der Waals surface area contributed by atoms with E-state index in [9.17, 15) is 0 Å². The van der Waals surface area contributed by atoms with Crippen molar-refractivity contribution in [2.24, 2.45) is 0 Å². The van der Waals surface area contributed by atoms with E-state index < -0.39 is 0 Å². The van der Waals surface area contributed by atoms with Crippen molar-refractivity contribution in [2.45, 2.75) is 0 Å². The molecule has 0 fully saturated rings. The summed E-state index contributed by atoms with van der Waals surface area (Å²) < 4.78 is 0. The van der Waals surface area contributed by atoms with Gasteiger partial charge in [0.2, 0.25) is 0 Å². The van der Waals surface area contributed by atoms with E-state index in [1.165, 1.54) is 0 Å². The van der Waals surface area contributed by atoms with E-state index in [0.29, 0.717) is 11.4 Å². The number of aromatic amines is 2. The van der Waals surface area contributed by atoms with E-state index in [1.54, 1.807) is 12.4 Å². The highest BCUT2D eigenvalue weighted by atomic mass is 14.9. The molecule has 0 unspecified atom stereocenters. The van der Waals surface area contributed by atoms with Crippen LogP contribution in [0.25, 0.3) is 22.8 Å². The molecule has 6 nitrogen and oxygen atoms in total. The Morgan fingerprint density at radius 2 is 1.25 bits per heavy atom. The molecule has 0 aliphatic carbocycles. The highest BCUT2D eigenvalue weighted by Crippen LogP contribution is 2.27. The smallest absolute Gasteiger partial charge is 0.177 e. The maximum atomic E-state index is 9.07. The van der Waals surface area contributed by atoms with E-state index >= 15 is 0 Å². The van der Waals surface area contributed by atoms with Gasteiger partial charge >= 0.3 is 0 Å². The third-order valence-electron chi connectivity index (χ3n) is 2.81. The number of aromatic nitrogens is 4. The van der Waals surface area contributed by atoms with Crippen LogP contribution in [0.3, 0.4) is 0 Å². The standard InChI is InChI=1S/C14H8N6/c15-7-11-12(8-16)20-14(10-4-2-6-18-10)13(19-11)9-3-1-5-17-9/h1-6,17-18H. The maximum Gasteiger partial charge on any atom is 0.177 e. The fraction of sp³-hybridized carbons (Fsp3) is 0. The minimum absolute atomic E-state index is 0.0207. The third-order valence-corrected chi connectivity index (χ3v) is 2.81. The summed E-state index contributed by atoms with van der Waals surface area (Å²) in [7, 11) is 0. The van der Waals surface area contributed by atoms with Crippen LogP contribution in [0.2, 0.25) is 0 Å².